The van der Waals surface area contributed by atoms with Gasteiger partial charge in [-0.1, -0.05) is 48.0 Å². The topological polar surface area (TPSA) is 75.3 Å². The summed E-state index contributed by atoms with van der Waals surface area (Å²) < 4.78 is 29.6. The fourth-order valence-corrected chi connectivity index (χ4v) is 8.02. The van der Waals surface area contributed by atoms with E-state index in [1.54, 1.807) is 12.1 Å². The van der Waals surface area contributed by atoms with Crippen LogP contribution in [0.25, 0.3) is 0 Å². The standard InChI is InChI=1S/C25H25ClN2O3S2/c26-22-10-11-24(32-22)33(30,31)28-25-18-6-7-19(25)14-20-15-21(9-8-17(20)13-18)27-23(29)12-16-4-2-1-3-5-16/h1-5,8-11,15,18-19,25,28H,6-7,12-14H2,(H,27,29)/t18-,19+,25?/m0/s1. The molecule has 0 aliphatic heterocycles. The number of fused-ring (bicyclic) bond motifs is 3. The minimum Gasteiger partial charge on any atom is -0.326 e. The molecule has 1 unspecified atom stereocenters. The van der Waals surface area contributed by atoms with Crippen molar-refractivity contribution in [2.45, 2.75) is 42.4 Å². The summed E-state index contributed by atoms with van der Waals surface area (Å²) in [5.41, 5.74) is 4.21. The number of thiophene rings is 1. The van der Waals surface area contributed by atoms with Crippen LogP contribution in [0.2, 0.25) is 4.34 Å². The normalized spacial score (nSPS) is 21.9. The summed E-state index contributed by atoms with van der Waals surface area (Å²) >= 11 is 7.04. The van der Waals surface area contributed by atoms with Crippen LogP contribution in [0, 0.1) is 11.8 Å². The second-order valence-electron chi connectivity index (χ2n) is 8.91. The maximum Gasteiger partial charge on any atom is 0.250 e. The van der Waals surface area contributed by atoms with Gasteiger partial charge in [-0.25, -0.2) is 13.1 Å². The van der Waals surface area contributed by atoms with E-state index in [1.165, 1.54) is 11.1 Å². The molecule has 2 bridgehead atoms. The number of hydrogen-bond acceptors (Lipinski definition) is 4. The summed E-state index contributed by atoms with van der Waals surface area (Å²) in [7, 11) is -3.60. The van der Waals surface area contributed by atoms with E-state index in [0.717, 1.165) is 48.3 Å². The van der Waals surface area contributed by atoms with E-state index >= 15 is 0 Å². The lowest BCUT2D eigenvalue weighted by atomic mass is 9.93. The first-order valence-electron chi connectivity index (χ1n) is 11.1. The quantitative estimate of drug-likeness (QED) is 0.497. The molecule has 1 heterocycles. The molecule has 33 heavy (non-hydrogen) atoms. The van der Waals surface area contributed by atoms with Gasteiger partial charge in [0.15, 0.2) is 0 Å². The van der Waals surface area contributed by atoms with Gasteiger partial charge in [-0.2, -0.15) is 0 Å². The van der Waals surface area contributed by atoms with Crippen LogP contribution in [0.3, 0.4) is 0 Å². The molecule has 5 nitrogen and oxygen atoms in total. The van der Waals surface area contributed by atoms with Crippen LogP contribution in [0.4, 0.5) is 5.69 Å². The van der Waals surface area contributed by atoms with Gasteiger partial charge in [-0.05, 0) is 78.5 Å². The van der Waals surface area contributed by atoms with Crippen molar-refractivity contribution in [2.75, 3.05) is 5.32 Å². The highest BCUT2D eigenvalue weighted by Gasteiger charge is 2.41. The van der Waals surface area contributed by atoms with Gasteiger partial charge in [0.1, 0.15) is 4.21 Å². The highest BCUT2D eigenvalue weighted by atomic mass is 35.5. The Balaban J connectivity index is 1.30. The molecule has 1 saturated carbocycles. The molecule has 2 aromatic carbocycles. The summed E-state index contributed by atoms with van der Waals surface area (Å²) in [6, 6.07) is 18.9. The van der Waals surface area contributed by atoms with Crippen LogP contribution < -0.4 is 10.0 Å². The molecule has 1 aromatic heterocycles. The molecule has 3 atom stereocenters. The van der Waals surface area contributed by atoms with E-state index in [1.807, 2.05) is 36.4 Å². The van der Waals surface area contributed by atoms with Gasteiger partial charge in [-0.15, -0.1) is 11.3 Å². The molecular weight excluding hydrogens is 476 g/mol. The highest BCUT2D eigenvalue weighted by Crippen LogP contribution is 2.41. The van der Waals surface area contributed by atoms with Crippen LogP contribution in [-0.4, -0.2) is 20.4 Å². The van der Waals surface area contributed by atoms with Gasteiger partial charge in [0.25, 0.3) is 0 Å². The Hall–Kier alpha value is -2.19. The predicted octanol–water partition coefficient (Wildman–Crippen LogP) is 5.05. The Labute approximate surface area is 203 Å². The first kappa shape index (κ1) is 22.6. The molecule has 2 aliphatic rings. The molecule has 0 radical (unpaired) electrons. The van der Waals surface area contributed by atoms with E-state index in [-0.39, 0.29) is 28.0 Å². The Morgan fingerprint density at radius 3 is 2.39 bits per heavy atom. The van der Waals surface area contributed by atoms with Gasteiger partial charge in [0.2, 0.25) is 15.9 Å². The molecule has 8 heteroatoms. The van der Waals surface area contributed by atoms with E-state index in [2.05, 4.69) is 22.2 Å². The van der Waals surface area contributed by atoms with Gasteiger partial charge in [0.05, 0.1) is 10.8 Å². The van der Waals surface area contributed by atoms with Crippen molar-refractivity contribution in [3.63, 3.8) is 0 Å². The molecule has 0 saturated heterocycles. The summed E-state index contributed by atoms with van der Waals surface area (Å²) in [5.74, 6) is 0.452. The Bertz CT molecular complexity index is 1270. The maximum absolute atomic E-state index is 12.9. The van der Waals surface area contributed by atoms with E-state index < -0.39 is 10.0 Å². The molecular formula is C25H25ClN2O3S2. The number of hydrogen-bond donors (Lipinski definition) is 2. The van der Waals surface area contributed by atoms with Gasteiger partial charge in [0, 0.05) is 11.7 Å². The van der Waals surface area contributed by atoms with Crippen LogP contribution >= 0.6 is 22.9 Å². The van der Waals surface area contributed by atoms with Crippen LogP contribution in [-0.2, 0) is 34.1 Å². The smallest absolute Gasteiger partial charge is 0.250 e. The average Bonchev–Trinajstić information content (AvgIpc) is 3.33. The van der Waals surface area contributed by atoms with Crippen molar-refractivity contribution in [1.29, 1.82) is 0 Å². The van der Waals surface area contributed by atoms with Crippen molar-refractivity contribution in [1.82, 2.24) is 4.72 Å². The number of anilines is 1. The molecule has 5 rings (SSSR count). The van der Waals surface area contributed by atoms with Gasteiger partial charge in [-0.3, -0.25) is 4.79 Å². The Morgan fingerprint density at radius 1 is 0.970 bits per heavy atom. The van der Waals surface area contributed by atoms with Crippen molar-refractivity contribution in [3.05, 3.63) is 81.7 Å². The van der Waals surface area contributed by atoms with Crippen LogP contribution in [0.5, 0.6) is 0 Å². The molecule has 172 valence electrons. The molecule has 1 fully saturated rings. The number of rotatable bonds is 6. The summed E-state index contributed by atoms with van der Waals surface area (Å²) in [4.78, 5) is 12.5. The van der Waals surface area contributed by atoms with Crippen molar-refractivity contribution >= 4 is 44.6 Å². The first-order valence-corrected chi connectivity index (χ1v) is 13.8. The molecule has 2 aliphatic carbocycles. The third-order valence-electron chi connectivity index (χ3n) is 6.69. The molecule has 1 amide bonds. The number of benzene rings is 2. The number of amides is 1. The van der Waals surface area contributed by atoms with Crippen LogP contribution in [0.1, 0.15) is 29.5 Å². The lowest BCUT2D eigenvalue weighted by Gasteiger charge is -2.23. The zero-order chi connectivity index (χ0) is 23.0. The third-order valence-corrected chi connectivity index (χ3v) is 9.87. The first-order chi connectivity index (χ1) is 15.9. The second kappa shape index (κ2) is 9.22. The zero-order valence-corrected chi connectivity index (χ0v) is 20.3. The molecule has 3 aromatic rings. The van der Waals surface area contributed by atoms with Crippen molar-refractivity contribution in [3.8, 4) is 0 Å². The monoisotopic (exact) mass is 500 g/mol. The lowest BCUT2D eigenvalue weighted by Crippen LogP contribution is -2.41. The second-order valence-corrected chi connectivity index (χ2v) is 12.6. The molecule has 0 spiro atoms. The summed E-state index contributed by atoms with van der Waals surface area (Å²) in [6.45, 7) is 0. The largest absolute Gasteiger partial charge is 0.326 e. The number of carbonyl (C=O) groups excluding carboxylic acids is 1. The van der Waals surface area contributed by atoms with E-state index in [9.17, 15) is 13.2 Å². The van der Waals surface area contributed by atoms with Gasteiger partial charge >= 0.3 is 0 Å². The maximum atomic E-state index is 12.9. The number of carbonyl (C=O) groups is 1. The van der Waals surface area contributed by atoms with E-state index in [4.69, 9.17) is 11.6 Å². The van der Waals surface area contributed by atoms with Crippen molar-refractivity contribution in [2.24, 2.45) is 11.8 Å². The summed E-state index contributed by atoms with van der Waals surface area (Å²) in [6.07, 6.45) is 3.97. The lowest BCUT2D eigenvalue weighted by molar-refractivity contribution is -0.115. The Kier molecular flexibility index (Phi) is 6.31. The number of sulfonamides is 1. The number of nitrogens with one attached hydrogen (secondary N) is 2. The van der Waals surface area contributed by atoms with Crippen LogP contribution in [0.15, 0.2) is 64.9 Å². The predicted molar refractivity (Wildman–Crippen MR) is 132 cm³/mol. The average molecular weight is 501 g/mol. The zero-order valence-electron chi connectivity index (χ0n) is 18.0. The SMILES string of the molecule is O=C(Cc1ccccc1)Nc1ccc2c(c1)C[C@H]1CC[C@@H](C2)C1NS(=O)(=O)c1ccc(Cl)s1. The summed E-state index contributed by atoms with van der Waals surface area (Å²) in [5, 5.41) is 3.02. The minimum absolute atomic E-state index is 0.0449. The van der Waals surface area contributed by atoms with Crippen molar-refractivity contribution < 1.29 is 13.2 Å². The van der Waals surface area contributed by atoms with Gasteiger partial charge < -0.3 is 5.32 Å². The highest BCUT2D eigenvalue weighted by molar-refractivity contribution is 7.91. The third kappa shape index (κ3) is 5.01. The minimum atomic E-state index is -3.60. The fraction of sp³-hybridized carbons (Fsp3) is 0.320. The Morgan fingerprint density at radius 2 is 1.70 bits per heavy atom. The van der Waals surface area contributed by atoms with E-state index in [0.29, 0.717) is 10.8 Å². The molecule has 2 N–H and O–H groups in total. The number of halogens is 1. The fourth-order valence-electron chi connectivity index (χ4n) is 5.15.